The first kappa shape index (κ1) is 29.7. The van der Waals surface area contributed by atoms with E-state index in [1.807, 2.05) is 6.07 Å². The first-order chi connectivity index (χ1) is 19.9. The van der Waals surface area contributed by atoms with E-state index in [1.54, 1.807) is 24.3 Å². The summed E-state index contributed by atoms with van der Waals surface area (Å²) in [6.45, 7) is 2.23. The Morgan fingerprint density at radius 3 is 2.07 bits per heavy atom. The van der Waals surface area contributed by atoms with Gasteiger partial charge in [-0.1, -0.05) is 82.2 Å². The molecule has 0 N–H and O–H groups in total. The Bertz CT molecular complexity index is 1240. The molecule has 0 amide bonds. The van der Waals surface area contributed by atoms with Crippen LogP contribution < -0.4 is 4.74 Å². The van der Waals surface area contributed by atoms with E-state index in [9.17, 15) is 8.78 Å². The van der Waals surface area contributed by atoms with E-state index in [4.69, 9.17) is 4.74 Å². The summed E-state index contributed by atoms with van der Waals surface area (Å²) in [4.78, 5) is 0. The van der Waals surface area contributed by atoms with Gasteiger partial charge in [0.2, 0.25) is 0 Å². The minimum Gasteiger partial charge on any atom is -0.483 e. The van der Waals surface area contributed by atoms with Crippen LogP contribution in [-0.2, 0) is 6.61 Å². The second-order valence-electron chi connectivity index (χ2n) is 12.3. The predicted molar refractivity (Wildman–Crippen MR) is 157 cm³/mol. The van der Waals surface area contributed by atoms with Gasteiger partial charge in [-0.05, 0) is 96.7 Å². The van der Waals surface area contributed by atoms with Crippen molar-refractivity contribution in [2.75, 3.05) is 0 Å². The number of hydrogen-bond acceptors (Lipinski definition) is 1. The van der Waals surface area contributed by atoms with Crippen molar-refractivity contribution in [1.82, 2.24) is 0 Å². The van der Waals surface area contributed by atoms with E-state index in [0.717, 1.165) is 48.8 Å². The molecule has 0 aliphatic heterocycles. The fourth-order valence-electron chi connectivity index (χ4n) is 7.26. The summed E-state index contributed by atoms with van der Waals surface area (Å²) in [6, 6.07) is 13.6. The Morgan fingerprint density at radius 1 is 0.707 bits per heavy atom. The van der Waals surface area contributed by atoms with Gasteiger partial charge in [-0.2, -0.15) is 0 Å². The molecule has 1 unspecified atom stereocenters. The fraction of sp³-hybridized carbons (Fsp3) is 0.500. The van der Waals surface area contributed by atoms with E-state index in [0.29, 0.717) is 11.5 Å². The summed E-state index contributed by atoms with van der Waals surface area (Å²) in [5.41, 5.74) is 0.826. The van der Waals surface area contributed by atoms with Crippen molar-refractivity contribution in [3.8, 4) is 16.9 Å². The van der Waals surface area contributed by atoms with Crippen LogP contribution in [0.1, 0.15) is 101 Å². The number of unbranched alkanes of at least 4 members (excludes halogenated alkanes) is 4. The molecule has 0 heterocycles. The average molecular weight is 567 g/mol. The van der Waals surface area contributed by atoms with Gasteiger partial charge in [0.25, 0.3) is 0 Å². The van der Waals surface area contributed by atoms with Crippen LogP contribution >= 0.6 is 0 Å². The number of benzene rings is 3. The molecule has 5 heteroatoms. The molecule has 5 rings (SSSR count). The van der Waals surface area contributed by atoms with E-state index in [1.165, 1.54) is 69.9 Å². The van der Waals surface area contributed by atoms with E-state index >= 15 is 8.78 Å². The lowest BCUT2D eigenvalue weighted by Crippen LogP contribution is -2.30. The molecule has 0 bridgehead atoms. The van der Waals surface area contributed by atoms with Crippen LogP contribution in [0.25, 0.3) is 11.1 Å². The molecule has 0 aromatic heterocycles. The zero-order chi connectivity index (χ0) is 28.8. The highest BCUT2D eigenvalue weighted by Crippen LogP contribution is 2.49. The van der Waals surface area contributed by atoms with Gasteiger partial charge in [-0.15, -0.1) is 0 Å². The highest BCUT2D eigenvalue weighted by atomic mass is 19.1. The maximum absolute atomic E-state index is 15.3. The third-order valence-electron chi connectivity index (χ3n) is 9.49. The Balaban J connectivity index is 1.22. The fourth-order valence-corrected chi connectivity index (χ4v) is 7.26. The second kappa shape index (κ2) is 13.9. The number of halogens is 4. The van der Waals surface area contributed by atoms with Crippen LogP contribution in [0.4, 0.5) is 17.6 Å². The minimum atomic E-state index is -0.992. The topological polar surface area (TPSA) is 9.23 Å². The lowest BCUT2D eigenvalue weighted by atomic mass is 9.63. The summed E-state index contributed by atoms with van der Waals surface area (Å²) in [7, 11) is 0. The van der Waals surface area contributed by atoms with Crippen molar-refractivity contribution < 1.29 is 22.3 Å². The zero-order valence-corrected chi connectivity index (χ0v) is 24.1. The zero-order valence-electron chi connectivity index (χ0n) is 24.1. The van der Waals surface area contributed by atoms with Gasteiger partial charge in [-0.3, -0.25) is 0 Å². The highest BCUT2D eigenvalue weighted by molar-refractivity contribution is 5.66. The largest absolute Gasteiger partial charge is 0.483 e. The first-order valence-electron chi connectivity index (χ1n) is 15.6. The first-order valence-corrected chi connectivity index (χ1v) is 15.6. The van der Waals surface area contributed by atoms with Gasteiger partial charge in [0, 0.05) is 0 Å². The molecular formula is C36H42F4O. The van der Waals surface area contributed by atoms with Crippen molar-refractivity contribution in [3.63, 3.8) is 0 Å². The summed E-state index contributed by atoms with van der Waals surface area (Å²) in [5.74, 6) is -1.83. The normalized spacial score (nSPS) is 22.4. The van der Waals surface area contributed by atoms with Gasteiger partial charge < -0.3 is 4.74 Å². The SMILES string of the molecule is CCCCCCCC1CC[C@@H]2C[C@H](c3cc(F)c(-c4cc(F)c(OCc5ccccc5)c(F)c4)c(F)c3)CC[C@@H]2C1. The average Bonchev–Trinajstić information content (AvgIpc) is 2.96. The number of fused-ring (bicyclic) bond motifs is 1. The highest BCUT2D eigenvalue weighted by Gasteiger charge is 2.36. The summed E-state index contributed by atoms with van der Waals surface area (Å²) >= 11 is 0. The Hall–Kier alpha value is -2.82. The standard InChI is InChI=1S/C36H42F4O/c1-2-3-4-5-7-10-24-13-14-27-18-28(16-15-26(27)17-24)29-19-31(37)35(32(38)20-29)30-21-33(39)36(34(40)22-30)41-23-25-11-8-6-9-12-25/h6,8-9,11-12,19-22,24,26-28H,2-5,7,10,13-18,23H2,1H3/t24?,26-,27-,28-/m1/s1. The van der Waals surface area contributed by atoms with Crippen molar-refractivity contribution in [3.05, 3.63) is 89.0 Å². The van der Waals surface area contributed by atoms with E-state index in [-0.39, 0.29) is 18.1 Å². The van der Waals surface area contributed by atoms with Crippen molar-refractivity contribution in [2.45, 2.75) is 96.5 Å². The molecule has 2 aliphatic rings. The summed E-state index contributed by atoms with van der Waals surface area (Å²) in [6.07, 6.45) is 14.8. The molecule has 1 nitrogen and oxygen atoms in total. The third-order valence-corrected chi connectivity index (χ3v) is 9.49. The molecule has 41 heavy (non-hydrogen) atoms. The molecule has 3 aromatic carbocycles. The van der Waals surface area contributed by atoms with Gasteiger partial charge in [0.1, 0.15) is 18.2 Å². The third kappa shape index (κ3) is 7.34. The van der Waals surface area contributed by atoms with Crippen molar-refractivity contribution >= 4 is 0 Å². The van der Waals surface area contributed by atoms with Crippen LogP contribution in [0.2, 0.25) is 0 Å². The van der Waals surface area contributed by atoms with Crippen LogP contribution in [-0.4, -0.2) is 0 Å². The maximum Gasteiger partial charge on any atom is 0.191 e. The van der Waals surface area contributed by atoms with E-state index in [2.05, 4.69) is 6.92 Å². The molecular weight excluding hydrogens is 524 g/mol. The number of rotatable bonds is 11. The minimum absolute atomic E-state index is 0.0195. The molecule has 220 valence electrons. The van der Waals surface area contributed by atoms with Crippen LogP contribution in [0, 0.1) is 41.0 Å². The van der Waals surface area contributed by atoms with Gasteiger partial charge >= 0.3 is 0 Å². The Morgan fingerprint density at radius 2 is 1.37 bits per heavy atom. The van der Waals surface area contributed by atoms with E-state index < -0.39 is 34.6 Å². The maximum atomic E-state index is 15.3. The molecule has 3 aromatic rings. The molecule has 0 spiro atoms. The monoisotopic (exact) mass is 566 g/mol. The van der Waals surface area contributed by atoms with Crippen LogP contribution in [0.5, 0.6) is 5.75 Å². The molecule has 0 radical (unpaired) electrons. The quantitative estimate of drug-likeness (QED) is 0.166. The Labute approximate surface area is 242 Å². The number of hydrogen-bond donors (Lipinski definition) is 0. The lowest BCUT2D eigenvalue weighted by molar-refractivity contribution is 0.113. The summed E-state index contributed by atoms with van der Waals surface area (Å²) < 4.78 is 65.7. The van der Waals surface area contributed by atoms with Crippen LogP contribution in [0.3, 0.4) is 0 Å². The number of ether oxygens (including phenoxy) is 1. The van der Waals surface area contributed by atoms with Crippen molar-refractivity contribution in [2.24, 2.45) is 17.8 Å². The van der Waals surface area contributed by atoms with Gasteiger partial charge in [0.15, 0.2) is 17.4 Å². The van der Waals surface area contributed by atoms with Gasteiger partial charge in [-0.25, -0.2) is 17.6 Å². The van der Waals surface area contributed by atoms with Gasteiger partial charge in [0.05, 0.1) is 5.56 Å². The molecule has 2 saturated carbocycles. The molecule has 4 atom stereocenters. The second-order valence-corrected chi connectivity index (χ2v) is 12.3. The molecule has 0 saturated heterocycles. The summed E-state index contributed by atoms with van der Waals surface area (Å²) in [5, 5.41) is 0. The Kier molecular flexibility index (Phi) is 10.1. The molecule has 2 aliphatic carbocycles. The predicted octanol–water partition coefficient (Wildman–Crippen LogP) is 11.1. The lowest BCUT2D eigenvalue weighted by Gasteiger charge is -2.42. The van der Waals surface area contributed by atoms with Crippen LogP contribution in [0.15, 0.2) is 54.6 Å². The van der Waals surface area contributed by atoms with Crippen molar-refractivity contribution in [1.29, 1.82) is 0 Å². The molecule has 2 fully saturated rings. The smallest absolute Gasteiger partial charge is 0.191 e.